The monoisotopic (exact) mass is 275 g/mol. The number of unbranched alkanes of at least 4 members (excludes halogenated alkanes) is 1. The molecule has 0 atom stereocenters. The summed E-state index contributed by atoms with van der Waals surface area (Å²) in [6, 6.07) is 0. The molecule has 3 heteroatoms. The largest absolute Gasteiger partial charge is 0.385 e. The minimum Gasteiger partial charge on any atom is -0.385 e. The van der Waals surface area contributed by atoms with Gasteiger partial charge in [0.15, 0.2) is 0 Å². The maximum absolute atomic E-state index is 5.80. The van der Waals surface area contributed by atoms with Crippen molar-refractivity contribution in [2.45, 2.75) is 65.9 Å². The molecule has 0 radical (unpaired) electrons. The summed E-state index contributed by atoms with van der Waals surface area (Å²) >= 11 is 0. The highest BCUT2D eigenvalue weighted by atomic mass is 16.5. The fourth-order valence-electron chi connectivity index (χ4n) is 1.75. The number of likely N-dealkylation sites (tertiary alicyclic amines) is 1. The first-order valence-electron chi connectivity index (χ1n) is 8.03. The molecule has 1 aliphatic rings. The molecule has 0 spiro atoms. The van der Waals surface area contributed by atoms with Gasteiger partial charge in [-0.05, 0) is 32.7 Å². The molecule has 1 heterocycles. The van der Waals surface area contributed by atoms with Crippen LogP contribution in [0.4, 0.5) is 0 Å². The van der Waals surface area contributed by atoms with Crippen LogP contribution in [0.25, 0.3) is 0 Å². The topological polar surface area (TPSA) is 21.7 Å². The van der Waals surface area contributed by atoms with Crippen molar-refractivity contribution >= 4 is 0 Å². The molecule has 0 aromatic rings. The highest BCUT2D eigenvalue weighted by Gasteiger charge is 2.16. The average molecular weight is 275 g/mol. The summed E-state index contributed by atoms with van der Waals surface area (Å²) in [5, 5.41) is 0. The van der Waals surface area contributed by atoms with E-state index in [9.17, 15) is 0 Å². The van der Waals surface area contributed by atoms with Crippen molar-refractivity contribution in [3.05, 3.63) is 0 Å². The normalized spacial score (nSPS) is 16.1. The summed E-state index contributed by atoms with van der Waals surface area (Å²) in [7, 11) is 3.92. The smallest absolute Gasteiger partial charge is 0.0599 e. The molecule has 0 bridgehead atoms. The Kier molecular flexibility index (Phi) is 19.9. The van der Waals surface area contributed by atoms with Crippen LogP contribution in [0.1, 0.15) is 59.8 Å². The second kappa shape index (κ2) is 17.9. The zero-order valence-corrected chi connectivity index (χ0v) is 14.2. The molecule has 1 aliphatic heterocycles. The van der Waals surface area contributed by atoms with Gasteiger partial charge in [-0.1, -0.05) is 34.1 Å². The maximum atomic E-state index is 5.80. The van der Waals surface area contributed by atoms with Crippen molar-refractivity contribution in [3.8, 4) is 0 Å². The van der Waals surface area contributed by atoms with E-state index in [4.69, 9.17) is 9.47 Å². The third kappa shape index (κ3) is 15.8. The van der Waals surface area contributed by atoms with E-state index >= 15 is 0 Å². The van der Waals surface area contributed by atoms with Crippen LogP contribution < -0.4 is 0 Å². The van der Waals surface area contributed by atoms with Gasteiger partial charge >= 0.3 is 0 Å². The minimum absolute atomic E-state index is 0.508. The Morgan fingerprint density at radius 3 is 1.95 bits per heavy atom. The molecule has 0 aliphatic carbocycles. The Bertz CT molecular complexity index is 146. The molecule has 0 unspecified atom stereocenters. The van der Waals surface area contributed by atoms with Crippen LogP contribution in [0.15, 0.2) is 0 Å². The molecule has 0 aromatic heterocycles. The summed E-state index contributed by atoms with van der Waals surface area (Å²) < 4.78 is 10.8. The third-order valence-electron chi connectivity index (χ3n) is 2.76. The first-order valence-corrected chi connectivity index (χ1v) is 8.03. The third-order valence-corrected chi connectivity index (χ3v) is 2.76. The van der Waals surface area contributed by atoms with Gasteiger partial charge in [0.2, 0.25) is 0 Å². The van der Waals surface area contributed by atoms with Gasteiger partial charge in [0.1, 0.15) is 0 Å². The lowest BCUT2D eigenvalue weighted by molar-refractivity contribution is 0.00904. The number of methoxy groups -OCH3 is 1. The van der Waals surface area contributed by atoms with Gasteiger partial charge < -0.3 is 14.4 Å². The Labute approximate surface area is 121 Å². The predicted molar refractivity (Wildman–Crippen MR) is 84.9 cm³/mol. The lowest BCUT2D eigenvalue weighted by Gasteiger charge is -2.28. The second-order valence-corrected chi connectivity index (χ2v) is 4.78. The van der Waals surface area contributed by atoms with Gasteiger partial charge in [-0.15, -0.1) is 0 Å². The highest BCUT2D eigenvalue weighted by Crippen LogP contribution is 2.12. The van der Waals surface area contributed by atoms with E-state index in [1.807, 2.05) is 13.8 Å². The molecule has 1 fully saturated rings. The van der Waals surface area contributed by atoms with Gasteiger partial charge in [0.25, 0.3) is 0 Å². The van der Waals surface area contributed by atoms with E-state index in [1.165, 1.54) is 32.4 Å². The van der Waals surface area contributed by atoms with Crippen LogP contribution in [0.3, 0.4) is 0 Å². The quantitative estimate of drug-likeness (QED) is 0.685. The highest BCUT2D eigenvalue weighted by molar-refractivity contribution is 4.69. The van der Waals surface area contributed by atoms with Crippen molar-refractivity contribution in [3.63, 3.8) is 0 Å². The Morgan fingerprint density at radius 2 is 1.47 bits per heavy atom. The molecule has 3 nitrogen and oxygen atoms in total. The predicted octanol–water partition coefficient (Wildman–Crippen LogP) is 3.97. The number of rotatable bonds is 6. The molecule has 0 saturated carbocycles. The lowest BCUT2D eigenvalue weighted by atomic mass is 10.1. The Hall–Kier alpha value is -0.120. The zero-order valence-electron chi connectivity index (χ0n) is 14.2. The van der Waals surface area contributed by atoms with Crippen LogP contribution in [0.2, 0.25) is 0 Å². The Morgan fingerprint density at radius 1 is 1.00 bits per heavy atom. The summed E-state index contributed by atoms with van der Waals surface area (Å²) in [5.74, 6) is 0. The second-order valence-electron chi connectivity index (χ2n) is 4.78. The zero-order chi connectivity index (χ0) is 14.9. The molecule has 0 amide bonds. The van der Waals surface area contributed by atoms with Crippen LogP contribution >= 0.6 is 0 Å². The number of hydrogen-bond acceptors (Lipinski definition) is 3. The van der Waals surface area contributed by atoms with Crippen molar-refractivity contribution in [2.24, 2.45) is 0 Å². The van der Waals surface area contributed by atoms with Crippen molar-refractivity contribution in [2.75, 3.05) is 40.5 Å². The minimum atomic E-state index is 0.508. The number of nitrogens with zero attached hydrogens (tertiary/aromatic N) is 1. The Balaban J connectivity index is 0. The SMILES string of the molecule is CC.CCC.COCCCCOC1CCN(C)CC1. The van der Waals surface area contributed by atoms with E-state index in [0.29, 0.717) is 6.10 Å². The van der Waals surface area contributed by atoms with Gasteiger partial charge in [0, 0.05) is 33.4 Å². The van der Waals surface area contributed by atoms with Gasteiger partial charge in [-0.25, -0.2) is 0 Å². The van der Waals surface area contributed by atoms with E-state index in [2.05, 4.69) is 25.8 Å². The van der Waals surface area contributed by atoms with Gasteiger partial charge in [-0.3, -0.25) is 0 Å². The molecule has 0 N–H and O–H groups in total. The molecule has 118 valence electrons. The molecule has 0 aromatic carbocycles. The number of hydrogen-bond donors (Lipinski definition) is 0. The number of ether oxygens (including phenoxy) is 2. The van der Waals surface area contributed by atoms with E-state index < -0.39 is 0 Å². The summed E-state index contributed by atoms with van der Waals surface area (Å²) in [6.45, 7) is 12.4. The van der Waals surface area contributed by atoms with Crippen molar-refractivity contribution < 1.29 is 9.47 Å². The van der Waals surface area contributed by atoms with Gasteiger partial charge in [-0.2, -0.15) is 0 Å². The van der Waals surface area contributed by atoms with Crippen molar-refractivity contribution in [1.29, 1.82) is 0 Å². The van der Waals surface area contributed by atoms with Crippen LogP contribution in [-0.2, 0) is 9.47 Å². The first-order chi connectivity index (χ1) is 9.24. The fraction of sp³-hybridized carbons (Fsp3) is 1.00. The van der Waals surface area contributed by atoms with Crippen LogP contribution in [0, 0.1) is 0 Å². The number of piperidine rings is 1. The van der Waals surface area contributed by atoms with Crippen molar-refractivity contribution in [1.82, 2.24) is 4.90 Å². The average Bonchev–Trinajstić information content (AvgIpc) is 2.44. The summed E-state index contributed by atoms with van der Waals surface area (Å²) in [4.78, 5) is 2.37. The molecular weight excluding hydrogens is 238 g/mol. The van der Waals surface area contributed by atoms with E-state index in [1.54, 1.807) is 7.11 Å². The standard InChI is InChI=1S/C11H23NO2.C3H8.C2H6/c1-12-7-5-11(6-8-12)14-10-4-3-9-13-2;1-3-2;1-2/h11H,3-10H2,1-2H3;3H2,1-2H3;1-2H3. The van der Waals surface area contributed by atoms with Gasteiger partial charge in [0.05, 0.1) is 6.10 Å². The van der Waals surface area contributed by atoms with E-state index in [0.717, 1.165) is 26.1 Å². The molecular formula is C16H37NO2. The summed E-state index contributed by atoms with van der Waals surface area (Å²) in [6.07, 6.45) is 6.39. The molecule has 1 rings (SSSR count). The van der Waals surface area contributed by atoms with E-state index in [-0.39, 0.29) is 0 Å². The maximum Gasteiger partial charge on any atom is 0.0599 e. The molecule has 19 heavy (non-hydrogen) atoms. The fourth-order valence-corrected chi connectivity index (χ4v) is 1.75. The summed E-state index contributed by atoms with van der Waals surface area (Å²) in [5.41, 5.74) is 0. The lowest BCUT2D eigenvalue weighted by Crippen LogP contribution is -2.34. The van der Waals surface area contributed by atoms with Crippen LogP contribution in [-0.4, -0.2) is 51.5 Å². The molecule has 1 saturated heterocycles. The first kappa shape index (κ1) is 21.2. The van der Waals surface area contributed by atoms with Crippen LogP contribution in [0.5, 0.6) is 0 Å².